The van der Waals surface area contributed by atoms with Crippen LogP contribution >= 0.6 is 0 Å². The molecule has 1 heterocycles. The van der Waals surface area contributed by atoms with Crippen molar-refractivity contribution in [1.82, 2.24) is 4.31 Å². The second-order valence-corrected chi connectivity index (χ2v) is 9.93. The largest absolute Gasteiger partial charge is 0.435 e. The smallest absolute Gasteiger partial charge is 0.335 e. The van der Waals surface area contributed by atoms with Crippen LogP contribution in [0.3, 0.4) is 0 Å². The van der Waals surface area contributed by atoms with Crippen molar-refractivity contribution in [3.05, 3.63) is 12.2 Å². The number of fused-ring (bicyclic) bond motifs is 1. The van der Waals surface area contributed by atoms with Gasteiger partial charge in [0.15, 0.2) is 6.79 Å². The normalized spacial score (nSPS) is 38.0. The van der Waals surface area contributed by atoms with E-state index in [9.17, 15) is 13.2 Å². The number of hydrogen-bond acceptors (Lipinski definition) is 5. The molecule has 2 bridgehead atoms. The van der Waals surface area contributed by atoms with Crippen molar-refractivity contribution in [1.29, 1.82) is 0 Å². The van der Waals surface area contributed by atoms with Gasteiger partial charge in [0, 0.05) is 11.1 Å². The summed E-state index contributed by atoms with van der Waals surface area (Å²) in [5.41, 5.74) is -0.160. The van der Waals surface area contributed by atoms with Gasteiger partial charge in [0.1, 0.15) is 0 Å². The van der Waals surface area contributed by atoms with Gasteiger partial charge in [-0.1, -0.05) is 6.58 Å². The molecule has 0 spiro atoms. The summed E-state index contributed by atoms with van der Waals surface area (Å²) in [7, 11) is -3.29. The average molecular weight is 343 g/mol. The van der Waals surface area contributed by atoms with Crippen LogP contribution in [0.2, 0.25) is 0 Å². The second-order valence-electron chi connectivity index (χ2n) is 7.90. The summed E-state index contributed by atoms with van der Waals surface area (Å²) in [6, 6.07) is -0.146. The molecule has 1 saturated heterocycles. The lowest BCUT2D eigenvalue weighted by Gasteiger charge is -2.37. The third kappa shape index (κ3) is 2.53. The van der Waals surface area contributed by atoms with Gasteiger partial charge in [0.05, 0.1) is 17.4 Å². The first kappa shape index (κ1) is 16.9. The number of nitrogens with zero attached hydrogens (tertiary/aromatic N) is 1. The van der Waals surface area contributed by atoms with Crippen molar-refractivity contribution in [2.45, 2.75) is 63.5 Å². The minimum atomic E-state index is -3.29. The van der Waals surface area contributed by atoms with Gasteiger partial charge in [-0.15, -0.1) is 0 Å². The van der Waals surface area contributed by atoms with E-state index in [2.05, 4.69) is 6.58 Å². The van der Waals surface area contributed by atoms with E-state index in [-0.39, 0.29) is 36.0 Å². The van der Waals surface area contributed by atoms with Crippen molar-refractivity contribution in [3.8, 4) is 0 Å². The highest BCUT2D eigenvalue weighted by molar-refractivity contribution is 7.90. The van der Waals surface area contributed by atoms with Crippen molar-refractivity contribution < 1.29 is 22.7 Å². The minimum Gasteiger partial charge on any atom is -0.435 e. The van der Waals surface area contributed by atoms with E-state index < -0.39 is 21.5 Å². The molecule has 6 nitrogen and oxygen atoms in total. The fraction of sp³-hybridized carbons (Fsp3) is 0.812. The molecule has 2 aliphatic carbocycles. The quantitative estimate of drug-likeness (QED) is 0.441. The molecule has 3 aliphatic rings. The fourth-order valence-corrected chi connectivity index (χ4v) is 7.41. The highest BCUT2D eigenvalue weighted by atomic mass is 32.2. The van der Waals surface area contributed by atoms with E-state index >= 15 is 0 Å². The molecule has 23 heavy (non-hydrogen) atoms. The van der Waals surface area contributed by atoms with Crippen molar-refractivity contribution >= 4 is 16.0 Å². The highest BCUT2D eigenvalue weighted by Gasteiger charge is 2.68. The zero-order valence-corrected chi connectivity index (χ0v) is 14.9. The molecule has 5 unspecified atom stereocenters. The van der Waals surface area contributed by atoms with Crippen LogP contribution in [-0.2, 0) is 24.3 Å². The van der Waals surface area contributed by atoms with Gasteiger partial charge in [-0.25, -0.2) is 13.2 Å². The lowest BCUT2D eigenvalue weighted by Crippen LogP contribution is -2.52. The van der Waals surface area contributed by atoms with Gasteiger partial charge in [-0.05, 0) is 52.4 Å². The SMILES string of the molecule is C=C(C)C(=O)OCOC1C2CC3C1N(C(C)(C)C)S(=O)(=O)C3C2. The van der Waals surface area contributed by atoms with Crippen LogP contribution in [0.5, 0.6) is 0 Å². The van der Waals surface area contributed by atoms with Crippen molar-refractivity contribution in [2.24, 2.45) is 11.8 Å². The molecule has 0 aromatic heterocycles. The maximum Gasteiger partial charge on any atom is 0.335 e. The summed E-state index contributed by atoms with van der Waals surface area (Å²) in [6.45, 7) is 10.7. The Morgan fingerprint density at radius 2 is 1.96 bits per heavy atom. The van der Waals surface area contributed by atoms with E-state index in [0.29, 0.717) is 12.0 Å². The van der Waals surface area contributed by atoms with Gasteiger partial charge < -0.3 is 9.47 Å². The third-order valence-corrected chi connectivity index (χ3v) is 7.86. The number of ether oxygens (including phenoxy) is 2. The van der Waals surface area contributed by atoms with Crippen LogP contribution in [0.25, 0.3) is 0 Å². The minimum absolute atomic E-state index is 0.131. The summed E-state index contributed by atoms with van der Waals surface area (Å²) in [4.78, 5) is 11.5. The highest BCUT2D eigenvalue weighted by Crippen LogP contribution is 2.58. The summed E-state index contributed by atoms with van der Waals surface area (Å²) in [6.07, 6.45) is 1.32. The maximum absolute atomic E-state index is 12.8. The molecule has 3 fully saturated rings. The Labute approximate surface area is 137 Å². The number of hydrogen-bond donors (Lipinski definition) is 0. The van der Waals surface area contributed by atoms with E-state index in [1.54, 1.807) is 11.2 Å². The lowest BCUT2D eigenvalue weighted by atomic mass is 9.90. The van der Waals surface area contributed by atoms with Crippen LogP contribution < -0.4 is 0 Å². The maximum atomic E-state index is 12.8. The van der Waals surface area contributed by atoms with Crippen LogP contribution in [0.1, 0.15) is 40.5 Å². The first-order chi connectivity index (χ1) is 10.5. The van der Waals surface area contributed by atoms with Crippen LogP contribution in [-0.4, -0.2) is 48.4 Å². The van der Waals surface area contributed by atoms with Crippen LogP contribution in [0.4, 0.5) is 0 Å². The molecule has 7 heteroatoms. The number of carbonyl (C=O) groups is 1. The Bertz CT molecular complexity index is 635. The molecule has 3 rings (SSSR count). The predicted molar refractivity (Wildman–Crippen MR) is 84.9 cm³/mol. The topological polar surface area (TPSA) is 72.9 Å². The zero-order chi connectivity index (χ0) is 17.2. The molecule has 130 valence electrons. The van der Waals surface area contributed by atoms with Crippen molar-refractivity contribution in [3.63, 3.8) is 0 Å². The molecule has 0 N–H and O–H groups in total. The van der Waals surface area contributed by atoms with E-state index in [1.807, 2.05) is 20.8 Å². The first-order valence-electron chi connectivity index (χ1n) is 8.02. The van der Waals surface area contributed by atoms with Gasteiger partial charge in [0.25, 0.3) is 0 Å². The average Bonchev–Trinajstić information content (AvgIpc) is 2.99. The Hall–Kier alpha value is -0.920. The van der Waals surface area contributed by atoms with E-state index in [0.717, 1.165) is 6.42 Å². The van der Waals surface area contributed by atoms with Gasteiger partial charge in [0.2, 0.25) is 10.0 Å². The standard InChI is InChI=1S/C16H25NO5S/c1-9(2)15(18)22-8-21-14-10-6-11-12(7-10)23(19,20)17(13(11)14)16(3,4)5/h10-14H,1,6-8H2,2-5H3. The molecular weight excluding hydrogens is 318 g/mol. The number of sulfonamides is 1. The summed E-state index contributed by atoms with van der Waals surface area (Å²) >= 11 is 0. The fourth-order valence-electron chi connectivity index (χ4n) is 4.54. The first-order valence-corrected chi connectivity index (χ1v) is 9.53. The third-order valence-electron chi connectivity index (χ3n) is 5.22. The molecule has 0 aromatic rings. The number of rotatable bonds is 4. The van der Waals surface area contributed by atoms with E-state index in [4.69, 9.17) is 9.47 Å². The summed E-state index contributed by atoms with van der Waals surface area (Å²) < 4.78 is 38.2. The zero-order valence-electron chi connectivity index (χ0n) is 14.1. The molecule has 2 saturated carbocycles. The van der Waals surface area contributed by atoms with Crippen LogP contribution in [0, 0.1) is 11.8 Å². The second kappa shape index (κ2) is 5.29. The molecule has 5 atom stereocenters. The van der Waals surface area contributed by atoms with E-state index in [1.165, 1.54) is 0 Å². The summed E-state index contributed by atoms with van der Waals surface area (Å²) in [5.74, 6) is -0.135. The number of carbonyl (C=O) groups excluding carboxylic acids is 1. The predicted octanol–water partition coefficient (Wildman–Crippen LogP) is 1.67. The Kier molecular flexibility index (Phi) is 3.89. The molecule has 0 radical (unpaired) electrons. The van der Waals surface area contributed by atoms with Crippen LogP contribution in [0.15, 0.2) is 12.2 Å². The monoisotopic (exact) mass is 343 g/mol. The lowest BCUT2D eigenvalue weighted by molar-refractivity contribution is -0.162. The summed E-state index contributed by atoms with van der Waals surface area (Å²) in [5, 5.41) is -0.269. The Morgan fingerprint density at radius 3 is 2.52 bits per heavy atom. The Balaban J connectivity index is 1.77. The molecule has 0 amide bonds. The molecule has 0 aromatic carbocycles. The number of esters is 1. The Morgan fingerprint density at radius 1 is 1.30 bits per heavy atom. The van der Waals surface area contributed by atoms with Gasteiger partial charge in [-0.2, -0.15) is 4.31 Å². The molecular formula is C16H25NO5S. The van der Waals surface area contributed by atoms with Crippen molar-refractivity contribution in [2.75, 3.05) is 6.79 Å². The van der Waals surface area contributed by atoms with Gasteiger partial charge in [-0.3, -0.25) is 0 Å². The molecule has 1 aliphatic heterocycles. The van der Waals surface area contributed by atoms with Gasteiger partial charge >= 0.3 is 5.97 Å².